The first-order valence-corrected chi connectivity index (χ1v) is 8.10. The predicted molar refractivity (Wildman–Crippen MR) is 96.5 cm³/mol. The molecule has 3 aromatic rings. The first-order valence-electron chi connectivity index (χ1n) is 8.10. The van der Waals surface area contributed by atoms with Crippen LogP contribution in [-0.4, -0.2) is 29.7 Å². The molecule has 7 nitrogen and oxygen atoms in total. The number of nitrogens with one attached hydrogen (secondary N) is 1. The molecule has 0 fully saturated rings. The lowest BCUT2D eigenvalue weighted by Gasteiger charge is -2.18. The van der Waals surface area contributed by atoms with Crippen LogP contribution in [0.1, 0.15) is 11.6 Å². The van der Waals surface area contributed by atoms with Crippen LogP contribution in [0.25, 0.3) is 10.9 Å². The molecule has 140 valence electrons. The smallest absolute Gasteiger partial charge is 0.329 e. The molecular formula is C19H17FN2O5. The fraction of sp³-hybridized carbons (Fsp3) is 0.211. The zero-order valence-corrected chi connectivity index (χ0v) is 14.7. The van der Waals surface area contributed by atoms with Crippen molar-refractivity contribution in [3.8, 4) is 5.75 Å². The number of halogens is 1. The predicted octanol–water partition coefficient (Wildman–Crippen LogP) is 1.79. The summed E-state index contributed by atoms with van der Waals surface area (Å²) < 4.78 is 23.9. The number of aromatic nitrogens is 2. The largest absolute Gasteiger partial charge is 0.496 e. The van der Waals surface area contributed by atoms with Crippen molar-refractivity contribution >= 4 is 16.9 Å². The zero-order chi connectivity index (χ0) is 19.6. The van der Waals surface area contributed by atoms with Crippen LogP contribution in [0.15, 0.2) is 52.1 Å². The zero-order valence-electron chi connectivity index (χ0n) is 14.7. The normalized spacial score (nSPS) is 12.0. The Morgan fingerprint density at radius 3 is 2.48 bits per heavy atom. The van der Waals surface area contributed by atoms with Gasteiger partial charge in [-0.25, -0.2) is 18.5 Å². The van der Waals surface area contributed by atoms with Crippen molar-refractivity contribution in [2.24, 2.45) is 0 Å². The van der Waals surface area contributed by atoms with Crippen LogP contribution in [0.5, 0.6) is 5.75 Å². The number of H-pyrrole nitrogens is 1. The van der Waals surface area contributed by atoms with E-state index in [0.717, 1.165) is 4.57 Å². The second-order valence-electron chi connectivity index (χ2n) is 5.86. The molecule has 0 saturated heterocycles. The molecule has 0 saturated carbocycles. The summed E-state index contributed by atoms with van der Waals surface area (Å²) in [6.45, 7) is 0. The van der Waals surface area contributed by atoms with E-state index in [9.17, 15) is 18.8 Å². The Labute approximate surface area is 153 Å². The van der Waals surface area contributed by atoms with Crippen molar-refractivity contribution in [1.29, 1.82) is 0 Å². The quantitative estimate of drug-likeness (QED) is 0.690. The number of ether oxygens (including phenoxy) is 2. The van der Waals surface area contributed by atoms with Crippen molar-refractivity contribution in [3.63, 3.8) is 0 Å². The van der Waals surface area contributed by atoms with Gasteiger partial charge >= 0.3 is 11.7 Å². The second-order valence-corrected chi connectivity index (χ2v) is 5.86. The standard InChI is InChI=1S/C19H17FN2O5/c1-26-15-5-3-4-13-16(15)17(23)22(19(25)21-13)14(18(24)27-2)10-11-6-8-12(20)9-7-11/h3-9,14H,10H2,1-2H3,(H,21,25). The van der Waals surface area contributed by atoms with Crippen LogP contribution in [-0.2, 0) is 16.0 Å². The maximum atomic E-state index is 13.1. The summed E-state index contributed by atoms with van der Waals surface area (Å²) in [6, 6.07) is 9.00. The van der Waals surface area contributed by atoms with E-state index in [1.165, 1.54) is 38.5 Å². The summed E-state index contributed by atoms with van der Waals surface area (Å²) >= 11 is 0. The van der Waals surface area contributed by atoms with E-state index in [1.807, 2.05) is 0 Å². The van der Waals surface area contributed by atoms with Crippen molar-refractivity contribution in [2.75, 3.05) is 14.2 Å². The lowest BCUT2D eigenvalue weighted by atomic mass is 10.1. The topological polar surface area (TPSA) is 90.4 Å². The van der Waals surface area contributed by atoms with Crippen molar-refractivity contribution < 1.29 is 18.7 Å². The molecule has 0 aliphatic rings. The van der Waals surface area contributed by atoms with Gasteiger partial charge in [0.25, 0.3) is 5.56 Å². The number of esters is 1. The summed E-state index contributed by atoms with van der Waals surface area (Å²) in [5.74, 6) is -0.923. The summed E-state index contributed by atoms with van der Waals surface area (Å²) in [6.07, 6.45) is -0.0173. The Hall–Kier alpha value is -3.42. The molecule has 1 aromatic heterocycles. The number of methoxy groups -OCH3 is 2. The third kappa shape index (κ3) is 3.46. The monoisotopic (exact) mass is 372 g/mol. The maximum Gasteiger partial charge on any atom is 0.329 e. The fourth-order valence-electron chi connectivity index (χ4n) is 2.96. The van der Waals surface area contributed by atoms with E-state index in [2.05, 4.69) is 4.98 Å². The van der Waals surface area contributed by atoms with E-state index in [-0.39, 0.29) is 17.6 Å². The van der Waals surface area contributed by atoms with Crippen LogP contribution < -0.4 is 16.0 Å². The van der Waals surface area contributed by atoms with Crippen LogP contribution in [0, 0.1) is 5.82 Å². The van der Waals surface area contributed by atoms with Gasteiger partial charge in [-0.1, -0.05) is 18.2 Å². The highest BCUT2D eigenvalue weighted by atomic mass is 19.1. The number of carbonyl (C=O) groups is 1. The van der Waals surface area contributed by atoms with Crippen LogP contribution >= 0.6 is 0 Å². The number of hydrogen-bond acceptors (Lipinski definition) is 5. The van der Waals surface area contributed by atoms with E-state index in [1.54, 1.807) is 18.2 Å². The molecule has 3 rings (SSSR count). The average Bonchev–Trinajstić information content (AvgIpc) is 2.67. The first-order chi connectivity index (χ1) is 13.0. The molecule has 1 heterocycles. The average molecular weight is 372 g/mol. The molecule has 8 heteroatoms. The van der Waals surface area contributed by atoms with Gasteiger partial charge in [0.1, 0.15) is 23.0 Å². The Balaban J connectivity index is 2.21. The van der Waals surface area contributed by atoms with E-state index in [0.29, 0.717) is 11.1 Å². The fourth-order valence-corrected chi connectivity index (χ4v) is 2.96. The van der Waals surface area contributed by atoms with Gasteiger partial charge in [0.15, 0.2) is 0 Å². The molecule has 1 unspecified atom stereocenters. The minimum atomic E-state index is -1.22. The number of fused-ring (bicyclic) bond motifs is 1. The number of nitrogens with zero attached hydrogens (tertiary/aromatic N) is 1. The molecule has 0 spiro atoms. The van der Waals surface area contributed by atoms with Gasteiger partial charge in [0.05, 0.1) is 19.7 Å². The number of rotatable bonds is 5. The highest BCUT2D eigenvalue weighted by Crippen LogP contribution is 2.21. The second kappa shape index (κ2) is 7.45. The van der Waals surface area contributed by atoms with Gasteiger partial charge in [0.2, 0.25) is 0 Å². The molecule has 0 aliphatic carbocycles. The van der Waals surface area contributed by atoms with Gasteiger partial charge < -0.3 is 14.5 Å². The van der Waals surface area contributed by atoms with Gasteiger partial charge in [-0.05, 0) is 29.8 Å². The van der Waals surface area contributed by atoms with Crippen LogP contribution in [0.4, 0.5) is 4.39 Å². The van der Waals surface area contributed by atoms with Crippen molar-refractivity contribution in [3.05, 3.63) is 74.7 Å². The van der Waals surface area contributed by atoms with Gasteiger partial charge in [-0.2, -0.15) is 0 Å². The third-order valence-electron chi connectivity index (χ3n) is 4.27. The van der Waals surface area contributed by atoms with Gasteiger partial charge in [-0.3, -0.25) is 4.79 Å². The van der Waals surface area contributed by atoms with E-state index in [4.69, 9.17) is 9.47 Å². The summed E-state index contributed by atoms with van der Waals surface area (Å²) in [7, 11) is 2.57. The van der Waals surface area contributed by atoms with Crippen LogP contribution in [0.2, 0.25) is 0 Å². The molecular weight excluding hydrogens is 355 g/mol. The maximum absolute atomic E-state index is 13.1. The Morgan fingerprint density at radius 1 is 1.15 bits per heavy atom. The lowest BCUT2D eigenvalue weighted by Crippen LogP contribution is -2.42. The molecule has 0 radical (unpaired) electrons. The molecule has 0 bridgehead atoms. The summed E-state index contributed by atoms with van der Waals surface area (Å²) in [5, 5.41) is 0.146. The first kappa shape index (κ1) is 18.4. The van der Waals surface area contributed by atoms with E-state index >= 15 is 0 Å². The molecule has 0 aliphatic heterocycles. The third-order valence-corrected chi connectivity index (χ3v) is 4.27. The van der Waals surface area contributed by atoms with Crippen molar-refractivity contribution in [2.45, 2.75) is 12.5 Å². The summed E-state index contributed by atoms with van der Waals surface area (Å²) in [4.78, 5) is 40.5. The SMILES string of the molecule is COC(=O)C(Cc1ccc(F)cc1)n1c(=O)[nH]c2cccc(OC)c2c1=O. The molecule has 1 atom stereocenters. The highest BCUT2D eigenvalue weighted by molar-refractivity contribution is 5.84. The van der Waals surface area contributed by atoms with Gasteiger partial charge in [-0.15, -0.1) is 0 Å². The number of aromatic amines is 1. The van der Waals surface area contributed by atoms with Crippen LogP contribution in [0.3, 0.4) is 0 Å². The van der Waals surface area contributed by atoms with E-state index < -0.39 is 29.1 Å². The number of carbonyl (C=O) groups excluding carboxylic acids is 1. The van der Waals surface area contributed by atoms with Crippen molar-refractivity contribution in [1.82, 2.24) is 9.55 Å². The Bertz CT molecular complexity index is 1100. The minimum Gasteiger partial charge on any atom is -0.496 e. The molecule has 27 heavy (non-hydrogen) atoms. The Morgan fingerprint density at radius 2 is 1.85 bits per heavy atom. The number of hydrogen-bond donors (Lipinski definition) is 1. The molecule has 2 aromatic carbocycles. The number of benzene rings is 2. The lowest BCUT2D eigenvalue weighted by molar-refractivity contribution is -0.144. The highest BCUT2D eigenvalue weighted by Gasteiger charge is 2.27. The minimum absolute atomic E-state index is 0.0173. The summed E-state index contributed by atoms with van der Waals surface area (Å²) in [5.41, 5.74) is -0.564. The molecule has 1 N–H and O–H groups in total. The van der Waals surface area contributed by atoms with Gasteiger partial charge in [0, 0.05) is 6.42 Å². The molecule has 0 amide bonds. The Kier molecular flexibility index (Phi) is 5.07.